The van der Waals surface area contributed by atoms with Gasteiger partial charge in [0.05, 0.1) is 0 Å². The number of nitrogen functional groups attached to an aromatic ring is 1. The monoisotopic (exact) mass is 244 g/mol. The summed E-state index contributed by atoms with van der Waals surface area (Å²) in [6.45, 7) is -0.623. The summed E-state index contributed by atoms with van der Waals surface area (Å²) in [5, 5.41) is 8.58. The Morgan fingerprint density at radius 1 is 1.44 bits per heavy atom. The zero-order valence-electron chi connectivity index (χ0n) is 8.07. The van der Waals surface area contributed by atoms with Gasteiger partial charge >= 0.3 is 5.97 Å². The Bertz CT molecular complexity index is 402. The number of nitrogens with one attached hydrogen (secondary N) is 1. The summed E-state index contributed by atoms with van der Waals surface area (Å²) in [7, 11) is 0. The van der Waals surface area contributed by atoms with Gasteiger partial charge in [-0.3, -0.25) is 9.63 Å². The third kappa shape index (κ3) is 3.76. The molecular weight excluding hydrogens is 236 g/mol. The molecule has 86 valence electrons. The molecule has 4 N–H and O–H groups in total. The Kier molecular flexibility index (Phi) is 4.10. The molecule has 0 aliphatic carbocycles. The predicted molar refractivity (Wildman–Crippen MR) is 56.9 cm³/mol. The highest BCUT2D eigenvalue weighted by Gasteiger charge is 2.08. The first-order valence-corrected chi connectivity index (χ1v) is 4.57. The van der Waals surface area contributed by atoms with E-state index >= 15 is 0 Å². The van der Waals surface area contributed by atoms with E-state index < -0.39 is 18.5 Å². The van der Waals surface area contributed by atoms with Gasteiger partial charge in [0, 0.05) is 16.3 Å². The van der Waals surface area contributed by atoms with Crippen LogP contribution in [0.3, 0.4) is 0 Å². The smallest absolute Gasteiger partial charge is 0.332 e. The zero-order chi connectivity index (χ0) is 12.1. The molecule has 0 atom stereocenters. The molecule has 1 aromatic carbocycles. The number of amides is 1. The first kappa shape index (κ1) is 12.3. The standard InChI is InChI=1S/C9H9ClN2O4/c10-6-1-5(2-7(11)3-6)9(15)12-16-4-8(13)14/h1-3H,4,11H2,(H,12,15)(H,13,14). The minimum Gasteiger partial charge on any atom is -0.479 e. The fraction of sp³-hybridized carbons (Fsp3) is 0.111. The number of hydrogen-bond donors (Lipinski definition) is 3. The lowest BCUT2D eigenvalue weighted by Gasteiger charge is -2.05. The summed E-state index contributed by atoms with van der Waals surface area (Å²) in [6.07, 6.45) is 0. The molecule has 6 nitrogen and oxygen atoms in total. The molecule has 0 bridgehead atoms. The van der Waals surface area contributed by atoms with Crippen molar-refractivity contribution in [1.29, 1.82) is 0 Å². The number of rotatable bonds is 4. The maximum atomic E-state index is 11.4. The highest BCUT2D eigenvalue weighted by Crippen LogP contribution is 2.16. The van der Waals surface area contributed by atoms with E-state index in [4.69, 9.17) is 22.4 Å². The van der Waals surface area contributed by atoms with Crippen molar-refractivity contribution in [2.75, 3.05) is 12.3 Å². The lowest BCUT2D eigenvalue weighted by molar-refractivity contribution is -0.144. The number of hydroxylamine groups is 1. The normalized spacial score (nSPS) is 9.81. The molecule has 7 heteroatoms. The van der Waals surface area contributed by atoms with E-state index in [0.29, 0.717) is 10.7 Å². The highest BCUT2D eigenvalue weighted by atomic mass is 35.5. The molecule has 0 spiro atoms. The van der Waals surface area contributed by atoms with E-state index in [2.05, 4.69) is 4.84 Å². The maximum absolute atomic E-state index is 11.4. The van der Waals surface area contributed by atoms with Crippen molar-refractivity contribution in [2.45, 2.75) is 0 Å². The van der Waals surface area contributed by atoms with E-state index in [1.165, 1.54) is 18.2 Å². The molecule has 1 rings (SSSR count). The minimum atomic E-state index is -1.19. The van der Waals surface area contributed by atoms with Gasteiger partial charge in [0.15, 0.2) is 6.61 Å². The van der Waals surface area contributed by atoms with E-state index in [0.717, 1.165) is 0 Å². The van der Waals surface area contributed by atoms with E-state index in [-0.39, 0.29) is 5.56 Å². The number of carboxylic acid groups (broad SMARTS) is 1. The second-order valence-electron chi connectivity index (χ2n) is 2.89. The molecule has 1 amide bonds. The number of benzene rings is 1. The molecule has 0 saturated carbocycles. The number of carboxylic acids is 1. The van der Waals surface area contributed by atoms with Gasteiger partial charge in [0.2, 0.25) is 0 Å². The Labute approximate surface area is 95.9 Å². The zero-order valence-corrected chi connectivity index (χ0v) is 8.82. The van der Waals surface area contributed by atoms with Crippen LogP contribution in [-0.4, -0.2) is 23.6 Å². The molecule has 16 heavy (non-hydrogen) atoms. The summed E-state index contributed by atoms with van der Waals surface area (Å²) >= 11 is 5.68. The van der Waals surface area contributed by atoms with E-state index in [9.17, 15) is 9.59 Å². The summed E-state index contributed by atoms with van der Waals surface area (Å²) in [6, 6.07) is 4.26. The van der Waals surface area contributed by atoms with Crippen molar-refractivity contribution in [3.05, 3.63) is 28.8 Å². The van der Waals surface area contributed by atoms with Crippen LogP contribution in [0, 0.1) is 0 Å². The lowest BCUT2D eigenvalue weighted by atomic mass is 10.2. The van der Waals surface area contributed by atoms with Crippen LogP contribution in [0.4, 0.5) is 5.69 Å². The van der Waals surface area contributed by atoms with Crippen molar-refractivity contribution < 1.29 is 19.5 Å². The third-order valence-corrected chi connectivity index (χ3v) is 1.76. The van der Waals surface area contributed by atoms with Gasteiger partial charge in [-0.15, -0.1) is 0 Å². The Balaban J connectivity index is 2.62. The number of anilines is 1. The van der Waals surface area contributed by atoms with Crippen LogP contribution in [0.2, 0.25) is 5.02 Å². The first-order valence-electron chi connectivity index (χ1n) is 4.19. The van der Waals surface area contributed by atoms with Crippen LogP contribution in [-0.2, 0) is 9.63 Å². The number of hydrogen-bond acceptors (Lipinski definition) is 4. The number of carbonyl (C=O) groups is 2. The van der Waals surface area contributed by atoms with Crippen LogP contribution >= 0.6 is 11.6 Å². The summed E-state index contributed by atoms with van der Waals surface area (Å²) < 4.78 is 0. The number of carbonyl (C=O) groups excluding carboxylic acids is 1. The summed E-state index contributed by atoms with van der Waals surface area (Å²) in [5.41, 5.74) is 7.95. The van der Waals surface area contributed by atoms with Gasteiger partial charge in [0.1, 0.15) is 0 Å². The van der Waals surface area contributed by atoms with Gasteiger partial charge < -0.3 is 10.8 Å². The number of halogens is 1. The molecule has 0 radical (unpaired) electrons. The molecule has 0 aromatic heterocycles. The molecule has 0 saturated heterocycles. The quantitative estimate of drug-likeness (QED) is 0.534. The summed E-state index contributed by atoms with van der Waals surface area (Å²) in [5.74, 6) is -1.80. The Morgan fingerprint density at radius 3 is 2.69 bits per heavy atom. The number of nitrogens with two attached hydrogens (primary N) is 1. The second kappa shape index (κ2) is 5.34. The van der Waals surface area contributed by atoms with E-state index in [1.807, 2.05) is 5.48 Å². The van der Waals surface area contributed by atoms with Gasteiger partial charge in [-0.25, -0.2) is 10.3 Å². The Morgan fingerprint density at radius 2 is 2.12 bits per heavy atom. The topological polar surface area (TPSA) is 102 Å². The maximum Gasteiger partial charge on any atom is 0.332 e. The average Bonchev–Trinajstić information content (AvgIpc) is 2.15. The van der Waals surface area contributed by atoms with Crippen LogP contribution in [0.15, 0.2) is 18.2 Å². The van der Waals surface area contributed by atoms with Crippen LogP contribution in [0.1, 0.15) is 10.4 Å². The molecule has 0 aliphatic rings. The van der Waals surface area contributed by atoms with Crippen molar-refractivity contribution in [2.24, 2.45) is 0 Å². The van der Waals surface area contributed by atoms with Gasteiger partial charge in [-0.05, 0) is 18.2 Å². The fourth-order valence-electron chi connectivity index (χ4n) is 0.966. The SMILES string of the molecule is Nc1cc(Cl)cc(C(=O)NOCC(=O)O)c1. The molecule has 0 aliphatic heterocycles. The highest BCUT2D eigenvalue weighted by molar-refractivity contribution is 6.31. The second-order valence-corrected chi connectivity index (χ2v) is 3.32. The number of aliphatic carboxylic acids is 1. The summed E-state index contributed by atoms with van der Waals surface area (Å²) in [4.78, 5) is 25.9. The predicted octanol–water partition coefficient (Wildman–Crippen LogP) is 0.668. The molecule has 0 unspecified atom stereocenters. The molecule has 1 aromatic rings. The van der Waals surface area contributed by atoms with Crippen molar-refractivity contribution >= 4 is 29.2 Å². The van der Waals surface area contributed by atoms with Crippen LogP contribution in [0.25, 0.3) is 0 Å². The van der Waals surface area contributed by atoms with Gasteiger partial charge in [0.25, 0.3) is 5.91 Å². The van der Waals surface area contributed by atoms with E-state index in [1.54, 1.807) is 0 Å². The average molecular weight is 245 g/mol. The third-order valence-electron chi connectivity index (χ3n) is 1.54. The van der Waals surface area contributed by atoms with Crippen LogP contribution in [0.5, 0.6) is 0 Å². The minimum absolute atomic E-state index is 0.190. The van der Waals surface area contributed by atoms with Gasteiger partial charge in [-0.1, -0.05) is 11.6 Å². The van der Waals surface area contributed by atoms with Gasteiger partial charge in [-0.2, -0.15) is 0 Å². The van der Waals surface area contributed by atoms with Crippen LogP contribution < -0.4 is 11.2 Å². The molecule has 0 fully saturated rings. The van der Waals surface area contributed by atoms with Crippen molar-refractivity contribution in [3.8, 4) is 0 Å². The largest absolute Gasteiger partial charge is 0.479 e. The lowest BCUT2D eigenvalue weighted by Crippen LogP contribution is -2.26. The first-order chi connectivity index (χ1) is 7.49. The van der Waals surface area contributed by atoms with Crippen molar-refractivity contribution in [1.82, 2.24) is 5.48 Å². The Hall–Kier alpha value is -1.79. The van der Waals surface area contributed by atoms with Crippen molar-refractivity contribution in [3.63, 3.8) is 0 Å². The fourth-order valence-corrected chi connectivity index (χ4v) is 1.21. The molecular formula is C9H9ClN2O4. The molecule has 0 heterocycles.